The molecule has 16 heavy (non-hydrogen) atoms. The average molecular weight is 225 g/mol. The molecular weight excluding hydrogens is 202 g/mol. The SMILES string of the molecule is CN1CCCC(CNC(=O)C2CCCN2)C1. The summed E-state index contributed by atoms with van der Waals surface area (Å²) in [7, 11) is 2.16. The summed E-state index contributed by atoms with van der Waals surface area (Å²) >= 11 is 0. The maximum absolute atomic E-state index is 11.8. The van der Waals surface area contributed by atoms with E-state index in [0.717, 1.165) is 32.5 Å². The van der Waals surface area contributed by atoms with Gasteiger partial charge in [0.15, 0.2) is 0 Å². The second-order valence-electron chi connectivity index (χ2n) is 5.16. The minimum Gasteiger partial charge on any atom is -0.354 e. The van der Waals surface area contributed by atoms with E-state index >= 15 is 0 Å². The van der Waals surface area contributed by atoms with E-state index < -0.39 is 0 Å². The molecule has 2 N–H and O–H groups in total. The molecule has 2 saturated heterocycles. The van der Waals surface area contributed by atoms with E-state index in [1.165, 1.54) is 19.4 Å². The van der Waals surface area contributed by atoms with Gasteiger partial charge < -0.3 is 15.5 Å². The van der Waals surface area contributed by atoms with E-state index in [1.807, 2.05) is 0 Å². The van der Waals surface area contributed by atoms with Crippen LogP contribution in [-0.2, 0) is 4.79 Å². The summed E-state index contributed by atoms with van der Waals surface area (Å²) in [6.45, 7) is 4.17. The Morgan fingerprint density at radius 1 is 1.44 bits per heavy atom. The molecule has 4 nitrogen and oxygen atoms in total. The molecule has 0 bridgehead atoms. The molecule has 0 saturated carbocycles. The fourth-order valence-electron chi connectivity index (χ4n) is 2.72. The molecule has 2 heterocycles. The molecule has 2 unspecified atom stereocenters. The molecule has 2 atom stereocenters. The van der Waals surface area contributed by atoms with Crippen molar-refractivity contribution >= 4 is 5.91 Å². The Balaban J connectivity index is 1.67. The third kappa shape index (κ3) is 3.19. The number of piperidine rings is 1. The van der Waals surface area contributed by atoms with Gasteiger partial charge >= 0.3 is 0 Å². The summed E-state index contributed by atoms with van der Waals surface area (Å²) in [6, 6.07) is 0.0707. The van der Waals surface area contributed by atoms with Crippen molar-refractivity contribution in [3.05, 3.63) is 0 Å². The summed E-state index contributed by atoms with van der Waals surface area (Å²) in [4.78, 5) is 14.1. The van der Waals surface area contributed by atoms with Crippen LogP contribution in [0.4, 0.5) is 0 Å². The molecular formula is C12H23N3O. The van der Waals surface area contributed by atoms with E-state index in [1.54, 1.807) is 0 Å². The molecule has 1 amide bonds. The van der Waals surface area contributed by atoms with Crippen molar-refractivity contribution in [2.75, 3.05) is 33.2 Å². The molecule has 92 valence electrons. The smallest absolute Gasteiger partial charge is 0.237 e. The van der Waals surface area contributed by atoms with Crippen LogP contribution in [0.3, 0.4) is 0 Å². The number of carbonyl (C=O) groups excluding carboxylic acids is 1. The number of rotatable bonds is 3. The van der Waals surface area contributed by atoms with Crippen molar-refractivity contribution in [1.29, 1.82) is 0 Å². The summed E-state index contributed by atoms with van der Waals surface area (Å²) in [5.41, 5.74) is 0. The largest absolute Gasteiger partial charge is 0.354 e. The lowest BCUT2D eigenvalue weighted by molar-refractivity contribution is -0.123. The van der Waals surface area contributed by atoms with Gasteiger partial charge in [0.25, 0.3) is 0 Å². The van der Waals surface area contributed by atoms with E-state index in [9.17, 15) is 4.79 Å². The van der Waals surface area contributed by atoms with Crippen molar-refractivity contribution < 1.29 is 4.79 Å². The lowest BCUT2D eigenvalue weighted by atomic mass is 9.98. The Hall–Kier alpha value is -0.610. The van der Waals surface area contributed by atoms with Gasteiger partial charge in [-0.15, -0.1) is 0 Å². The predicted molar refractivity (Wildman–Crippen MR) is 64.3 cm³/mol. The molecule has 2 rings (SSSR count). The van der Waals surface area contributed by atoms with Gasteiger partial charge in [-0.1, -0.05) is 0 Å². The van der Waals surface area contributed by atoms with Gasteiger partial charge in [0.05, 0.1) is 6.04 Å². The molecule has 2 aliphatic heterocycles. The molecule has 2 fully saturated rings. The number of likely N-dealkylation sites (tertiary alicyclic amines) is 1. The second kappa shape index (κ2) is 5.64. The highest BCUT2D eigenvalue weighted by Crippen LogP contribution is 2.14. The Kier molecular flexibility index (Phi) is 4.18. The van der Waals surface area contributed by atoms with Crippen LogP contribution in [-0.4, -0.2) is 50.1 Å². The third-order valence-electron chi connectivity index (χ3n) is 3.66. The maximum Gasteiger partial charge on any atom is 0.237 e. The molecule has 0 aromatic carbocycles. The highest BCUT2D eigenvalue weighted by molar-refractivity contribution is 5.81. The van der Waals surface area contributed by atoms with Crippen LogP contribution in [0.15, 0.2) is 0 Å². The van der Waals surface area contributed by atoms with Crippen LogP contribution in [0, 0.1) is 5.92 Å². The summed E-state index contributed by atoms with van der Waals surface area (Å²) in [5.74, 6) is 0.842. The molecule has 0 spiro atoms. The molecule has 0 aliphatic carbocycles. The Morgan fingerprint density at radius 2 is 2.31 bits per heavy atom. The molecule has 2 aliphatic rings. The first-order chi connectivity index (χ1) is 7.75. The number of carbonyl (C=O) groups is 1. The zero-order chi connectivity index (χ0) is 11.4. The van der Waals surface area contributed by atoms with Gasteiger partial charge in [0.2, 0.25) is 5.91 Å². The Labute approximate surface area is 97.8 Å². The van der Waals surface area contributed by atoms with Gasteiger partial charge in [-0.25, -0.2) is 0 Å². The standard InChI is InChI=1S/C12H23N3O/c1-15-7-3-4-10(9-15)8-14-12(16)11-5-2-6-13-11/h10-11,13H,2-9H2,1H3,(H,14,16). The van der Waals surface area contributed by atoms with Crippen molar-refractivity contribution in [2.24, 2.45) is 5.92 Å². The number of nitrogens with zero attached hydrogens (tertiary/aromatic N) is 1. The maximum atomic E-state index is 11.8. The van der Waals surface area contributed by atoms with E-state index in [2.05, 4.69) is 22.6 Å². The Morgan fingerprint density at radius 3 is 3.00 bits per heavy atom. The summed E-state index contributed by atoms with van der Waals surface area (Å²) in [5, 5.41) is 6.32. The average Bonchev–Trinajstić information content (AvgIpc) is 2.79. The van der Waals surface area contributed by atoms with Crippen molar-refractivity contribution in [2.45, 2.75) is 31.7 Å². The van der Waals surface area contributed by atoms with E-state index in [-0.39, 0.29) is 11.9 Å². The monoisotopic (exact) mass is 225 g/mol. The Bertz CT molecular complexity index is 238. The van der Waals surface area contributed by atoms with E-state index in [4.69, 9.17) is 0 Å². The first-order valence-electron chi connectivity index (χ1n) is 6.45. The number of hydrogen-bond donors (Lipinski definition) is 2. The minimum atomic E-state index is 0.0707. The van der Waals surface area contributed by atoms with Gasteiger partial charge in [-0.3, -0.25) is 4.79 Å². The zero-order valence-electron chi connectivity index (χ0n) is 10.2. The summed E-state index contributed by atoms with van der Waals surface area (Å²) in [6.07, 6.45) is 4.64. The van der Waals surface area contributed by atoms with Crippen molar-refractivity contribution in [3.63, 3.8) is 0 Å². The quantitative estimate of drug-likeness (QED) is 0.721. The predicted octanol–water partition coefficient (Wildman–Crippen LogP) is 0.196. The van der Waals surface area contributed by atoms with Gasteiger partial charge in [0.1, 0.15) is 0 Å². The first kappa shape index (κ1) is 11.9. The van der Waals surface area contributed by atoms with E-state index in [0.29, 0.717) is 5.92 Å². The number of nitrogens with one attached hydrogen (secondary N) is 2. The molecule has 4 heteroatoms. The van der Waals surface area contributed by atoms with Crippen LogP contribution >= 0.6 is 0 Å². The van der Waals surface area contributed by atoms with Gasteiger partial charge in [-0.2, -0.15) is 0 Å². The highest BCUT2D eigenvalue weighted by Gasteiger charge is 2.23. The van der Waals surface area contributed by atoms with Crippen LogP contribution in [0.1, 0.15) is 25.7 Å². The topological polar surface area (TPSA) is 44.4 Å². The van der Waals surface area contributed by atoms with Crippen molar-refractivity contribution in [3.8, 4) is 0 Å². The number of hydrogen-bond acceptors (Lipinski definition) is 3. The lowest BCUT2D eigenvalue weighted by Gasteiger charge is -2.30. The third-order valence-corrected chi connectivity index (χ3v) is 3.66. The highest BCUT2D eigenvalue weighted by atomic mass is 16.2. The van der Waals surface area contributed by atoms with Gasteiger partial charge in [-0.05, 0) is 51.7 Å². The normalized spacial score (nSPS) is 31.6. The van der Waals surface area contributed by atoms with Crippen LogP contribution in [0.2, 0.25) is 0 Å². The van der Waals surface area contributed by atoms with Crippen molar-refractivity contribution in [1.82, 2.24) is 15.5 Å². The van der Waals surface area contributed by atoms with Crippen LogP contribution < -0.4 is 10.6 Å². The molecule has 0 radical (unpaired) electrons. The first-order valence-corrected chi connectivity index (χ1v) is 6.45. The van der Waals surface area contributed by atoms with Crippen LogP contribution in [0.5, 0.6) is 0 Å². The fourth-order valence-corrected chi connectivity index (χ4v) is 2.72. The van der Waals surface area contributed by atoms with Crippen LogP contribution in [0.25, 0.3) is 0 Å². The van der Waals surface area contributed by atoms with Gasteiger partial charge in [0, 0.05) is 13.1 Å². The minimum absolute atomic E-state index is 0.0707. The fraction of sp³-hybridized carbons (Fsp3) is 0.917. The molecule has 0 aromatic rings. The molecule has 0 aromatic heterocycles. The summed E-state index contributed by atoms with van der Waals surface area (Å²) < 4.78 is 0. The number of amides is 1. The second-order valence-corrected chi connectivity index (χ2v) is 5.16. The lowest BCUT2D eigenvalue weighted by Crippen LogP contribution is -2.44. The zero-order valence-corrected chi connectivity index (χ0v) is 10.2.